The molecule has 1 fully saturated rings. The van der Waals surface area contributed by atoms with Crippen LogP contribution in [0.15, 0.2) is 53.2 Å². The van der Waals surface area contributed by atoms with Gasteiger partial charge in [-0.3, -0.25) is 9.59 Å². The predicted octanol–water partition coefficient (Wildman–Crippen LogP) is 2.84. The van der Waals surface area contributed by atoms with Gasteiger partial charge in [0.05, 0.1) is 11.8 Å². The third-order valence-electron chi connectivity index (χ3n) is 4.64. The van der Waals surface area contributed by atoms with Crippen LogP contribution in [0.4, 0.5) is 13.2 Å². The third kappa shape index (κ3) is 5.97. The summed E-state index contributed by atoms with van der Waals surface area (Å²) in [5.41, 5.74) is -0.405. The van der Waals surface area contributed by atoms with E-state index in [1.807, 2.05) is 0 Å². The number of amides is 2. The second kappa shape index (κ2) is 9.50. The molecule has 1 aliphatic heterocycles. The van der Waals surface area contributed by atoms with Crippen molar-refractivity contribution in [2.24, 2.45) is 0 Å². The van der Waals surface area contributed by atoms with Crippen LogP contribution >= 0.6 is 0 Å². The topological polar surface area (TPSA) is 80.1 Å². The van der Waals surface area contributed by atoms with E-state index in [0.717, 1.165) is 18.2 Å². The van der Waals surface area contributed by atoms with Crippen molar-refractivity contribution < 1.29 is 36.7 Å². The summed E-state index contributed by atoms with van der Waals surface area (Å²) < 4.78 is 47.6. The Morgan fingerprint density at radius 3 is 2.23 bits per heavy atom. The zero-order valence-electron chi connectivity index (χ0n) is 16.3. The van der Waals surface area contributed by atoms with Gasteiger partial charge in [-0.15, -0.1) is 0 Å². The molecule has 3 rings (SSSR count). The van der Waals surface area contributed by atoms with Crippen LogP contribution in [-0.2, 0) is 20.5 Å². The highest BCUT2D eigenvalue weighted by atomic mass is 19.4. The standard InChI is InChI=1S/C21H19F3N2O5/c22-21(23,24)16-6-3-15(4-7-16)5-8-19(28)31-14-18(27)25-9-11-26(12-10-25)20(29)17-2-1-13-30-17/h1-8,13H,9-12,14H2/b8-5+. The molecule has 1 aromatic heterocycles. The molecule has 0 radical (unpaired) electrons. The number of halogens is 3. The Balaban J connectivity index is 1.42. The van der Waals surface area contributed by atoms with Crippen LogP contribution in [-0.4, -0.2) is 60.4 Å². The Hall–Kier alpha value is -3.56. The van der Waals surface area contributed by atoms with Crippen molar-refractivity contribution in [2.75, 3.05) is 32.8 Å². The zero-order valence-corrected chi connectivity index (χ0v) is 16.3. The Bertz CT molecular complexity index is 944. The number of alkyl halides is 3. The van der Waals surface area contributed by atoms with Gasteiger partial charge in [-0.05, 0) is 35.9 Å². The van der Waals surface area contributed by atoms with Gasteiger partial charge in [0.1, 0.15) is 0 Å². The second-order valence-electron chi connectivity index (χ2n) is 6.71. The van der Waals surface area contributed by atoms with Crippen molar-refractivity contribution in [3.8, 4) is 0 Å². The minimum Gasteiger partial charge on any atom is -0.459 e. The normalized spacial score (nSPS) is 14.7. The fourth-order valence-corrected chi connectivity index (χ4v) is 2.93. The number of hydrogen-bond donors (Lipinski definition) is 0. The Morgan fingerprint density at radius 2 is 1.65 bits per heavy atom. The molecule has 2 heterocycles. The van der Waals surface area contributed by atoms with Crippen LogP contribution in [0.3, 0.4) is 0 Å². The van der Waals surface area contributed by atoms with Gasteiger partial charge >= 0.3 is 12.1 Å². The number of benzene rings is 1. The van der Waals surface area contributed by atoms with E-state index in [-0.39, 0.29) is 11.7 Å². The van der Waals surface area contributed by atoms with Gasteiger partial charge in [0, 0.05) is 32.3 Å². The fourth-order valence-electron chi connectivity index (χ4n) is 2.93. The van der Waals surface area contributed by atoms with Crippen molar-refractivity contribution in [1.82, 2.24) is 9.80 Å². The molecule has 0 N–H and O–H groups in total. The summed E-state index contributed by atoms with van der Waals surface area (Å²) in [4.78, 5) is 39.2. The van der Waals surface area contributed by atoms with E-state index in [0.29, 0.717) is 31.7 Å². The molecule has 7 nitrogen and oxygen atoms in total. The van der Waals surface area contributed by atoms with E-state index in [4.69, 9.17) is 9.15 Å². The lowest BCUT2D eigenvalue weighted by Crippen LogP contribution is -2.51. The van der Waals surface area contributed by atoms with Gasteiger partial charge in [-0.1, -0.05) is 12.1 Å². The number of carbonyl (C=O) groups is 3. The van der Waals surface area contributed by atoms with Crippen molar-refractivity contribution in [3.05, 3.63) is 65.6 Å². The third-order valence-corrected chi connectivity index (χ3v) is 4.64. The Labute approximate surface area is 175 Å². The fraction of sp³-hybridized carbons (Fsp3) is 0.286. The summed E-state index contributed by atoms with van der Waals surface area (Å²) in [5.74, 6) is -1.22. The smallest absolute Gasteiger partial charge is 0.416 e. The molecule has 0 spiro atoms. The van der Waals surface area contributed by atoms with E-state index in [1.165, 1.54) is 29.4 Å². The molecule has 0 aliphatic carbocycles. The molecular weight excluding hydrogens is 417 g/mol. The number of esters is 1. The van der Waals surface area contributed by atoms with E-state index in [2.05, 4.69) is 0 Å². The lowest BCUT2D eigenvalue weighted by Gasteiger charge is -2.34. The van der Waals surface area contributed by atoms with E-state index in [1.54, 1.807) is 17.0 Å². The zero-order chi connectivity index (χ0) is 22.4. The van der Waals surface area contributed by atoms with Crippen LogP contribution in [0.1, 0.15) is 21.7 Å². The first-order chi connectivity index (χ1) is 14.7. The molecule has 1 saturated heterocycles. The Kier molecular flexibility index (Phi) is 6.78. The lowest BCUT2D eigenvalue weighted by molar-refractivity contribution is -0.148. The van der Waals surface area contributed by atoms with Crippen LogP contribution in [0.25, 0.3) is 6.08 Å². The summed E-state index contributed by atoms with van der Waals surface area (Å²) in [6, 6.07) is 7.45. The molecule has 2 aromatic rings. The van der Waals surface area contributed by atoms with Gasteiger partial charge in [0.15, 0.2) is 12.4 Å². The van der Waals surface area contributed by atoms with Gasteiger partial charge in [-0.2, -0.15) is 13.2 Å². The maximum Gasteiger partial charge on any atom is 0.416 e. The number of rotatable bonds is 5. The summed E-state index contributed by atoms with van der Waals surface area (Å²) in [5, 5.41) is 0. The molecule has 2 amide bonds. The maximum atomic E-state index is 12.5. The van der Waals surface area contributed by atoms with Crippen molar-refractivity contribution in [3.63, 3.8) is 0 Å². The Morgan fingerprint density at radius 1 is 1.00 bits per heavy atom. The molecule has 1 aromatic carbocycles. The molecule has 0 saturated carbocycles. The van der Waals surface area contributed by atoms with Crippen LogP contribution in [0.2, 0.25) is 0 Å². The molecule has 0 bridgehead atoms. The number of furan rings is 1. The van der Waals surface area contributed by atoms with Crippen LogP contribution in [0.5, 0.6) is 0 Å². The molecule has 164 valence electrons. The minimum absolute atomic E-state index is 0.230. The first-order valence-corrected chi connectivity index (χ1v) is 9.37. The number of carbonyl (C=O) groups excluding carboxylic acids is 3. The predicted molar refractivity (Wildman–Crippen MR) is 103 cm³/mol. The van der Waals surface area contributed by atoms with E-state index >= 15 is 0 Å². The molecule has 10 heteroatoms. The SMILES string of the molecule is O=C(/C=C/c1ccc(C(F)(F)F)cc1)OCC(=O)N1CCN(C(=O)c2ccco2)CC1. The molecule has 0 atom stereocenters. The lowest BCUT2D eigenvalue weighted by atomic mass is 10.1. The van der Waals surface area contributed by atoms with E-state index < -0.39 is 30.2 Å². The molecular formula is C21H19F3N2O5. The van der Waals surface area contributed by atoms with E-state index in [9.17, 15) is 27.6 Å². The maximum absolute atomic E-state index is 12.5. The number of hydrogen-bond acceptors (Lipinski definition) is 5. The highest BCUT2D eigenvalue weighted by Crippen LogP contribution is 2.29. The molecule has 31 heavy (non-hydrogen) atoms. The van der Waals surface area contributed by atoms with Gasteiger partial charge in [0.25, 0.3) is 11.8 Å². The van der Waals surface area contributed by atoms with Crippen molar-refractivity contribution in [2.45, 2.75) is 6.18 Å². The quantitative estimate of drug-likeness (QED) is 0.532. The first kappa shape index (κ1) is 22.1. The second-order valence-corrected chi connectivity index (χ2v) is 6.71. The van der Waals surface area contributed by atoms with Crippen LogP contribution in [0, 0.1) is 0 Å². The highest BCUT2D eigenvalue weighted by molar-refractivity contribution is 5.92. The number of piperazine rings is 1. The average Bonchev–Trinajstić information content (AvgIpc) is 3.30. The largest absolute Gasteiger partial charge is 0.459 e. The summed E-state index contributed by atoms with van der Waals surface area (Å²) in [6.07, 6.45) is -0.686. The molecule has 1 aliphatic rings. The highest BCUT2D eigenvalue weighted by Gasteiger charge is 2.30. The van der Waals surface area contributed by atoms with Crippen molar-refractivity contribution >= 4 is 23.9 Å². The van der Waals surface area contributed by atoms with Crippen LogP contribution < -0.4 is 0 Å². The average molecular weight is 436 g/mol. The first-order valence-electron chi connectivity index (χ1n) is 9.37. The van der Waals surface area contributed by atoms with Crippen molar-refractivity contribution in [1.29, 1.82) is 0 Å². The molecule has 0 unspecified atom stereocenters. The number of ether oxygens (including phenoxy) is 1. The van der Waals surface area contributed by atoms with Gasteiger partial charge in [0.2, 0.25) is 0 Å². The minimum atomic E-state index is -4.43. The number of nitrogens with zero attached hydrogens (tertiary/aromatic N) is 2. The van der Waals surface area contributed by atoms with Gasteiger partial charge in [-0.25, -0.2) is 4.79 Å². The summed E-state index contributed by atoms with van der Waals surface area (Å²) in [6.45, 7) is 0.775. The van der Waals surface area contributed by atoms with Gasteiger partial charge < -0.3 is 19.0 Å². The summed E-state index contributed by atoms with van der Waals surface area (Å²) >= 11 is 0. The monoisotopic (exact) mass is 436 g/mol. The summed E-state index contributed by atoms with van der Waals surface area (Å²) in [7, 11) is 0.